The fourth-order valence-electron chi connectivity index (χ4n) is 4.66. The van der Waals surface area contributed by atoms with E-state index in [2.05, 4.69) is 19.1 Å². The van der Waals surface area contributed by atoms with Gasteiger partial charge in [-0.3, -0.25) is 4.79 Å². The average molecular weight is 409 g/mol. The Morgan fingerprint density at radius 2 is 1.90 bits per heavy atom. The van der Waals surface area contributed by atoms with Crippen molar-refractivity contribution in [3.63, 3.8) is 0 Å². The van der Waals surface area contributed by atoms with Crippen LogP contribution >= 0.6 is 0 Å². The van der Waals surface area contributed by atoms with Crippen molar-refractivity contribution >= 4 is 5.97 Å². The van der Waals surface area contributed by atoms with E-state index in [1.165, 1.54) is 0 Å². The molecule has 0 heterocycles. The molecule has 0 aromatic heterocycles. The molecule has 5 nitrogen and oxygen atoms in total. The number of rotatable bonds is 14. The number of aliphatic carboxylic acids is 1. The lowest BCUT2D eigenvalue weighted by Crippen LogP contribution is -2.30. The summed E-state index contributed by atoms with van der Waals surface area (Å²) in [7, 11) is 0. The van der Waals surface area contributed by atoms with Crippen LogP contribution in [0.25, 0.3) is 0 Å². The molecule has 2 saturated carbocycles. The Balaban J connectivity index is 1.82. The first-order chi connectivity index (χ1) is 13.9. The normalized spacial score (nSPS) is 28.2. The Hall–Kier alpha value is -1.17. The molecular weight excluding hydrogens is 368 g/mol. The number of carboxylic acid groups (broad SMARTS) is 1. The summed E-state index contributed by atoms with van der Waals surface area (Å²) in [6.07, 6.45) is 16.7. The van der Waals surface area contributed by atoms with E-state index < -0.39 is 17.7 Å². The van der Waals surface area contributed by atoms with E-state index in [0.717, 1.165) is 57.8 Å². The highest BCUT2D eigenvalue weighted by molar-refractivity contribution is 5.67. The zero-order chi connectivity index (χ0) is 21.3. The Labute approximate surface area is 175 Å². The van der Waals surface area contributed by atoms with Crippen LogP contribution in [0.4, 0.5) is 0 Å². The molecule has 2 fully saturated rings. The van der Waals surface area contributed by atoms with E-state index in [4.69, 9.17) is 5.11 Å². The molecule has 29 heavy (non-hydrogen) atoms. The number of hydrogen-bond acceptors (Lipinski definition) is 4. The van der Waals surface area contributed by atoms with E-state index in [1.54, 1.807) is 0 Å². The molecule has 0 saturated heterocycles. The van der Waals surface area contributed by atoms with Crippen molar-refractivity contribution in [1.29, 1.82) is 0 Å². The number of aliphatic hydroxyl groups excluding tert-OH is 2. The molecule has 0 aromatic rings. The number of carboxylic acids is 1. The first kappa shape index (κ1) is 24.1. The molecule has 4 N–H and O–H groups in total. The van der Waals surface area contributed by atoms with Gasteiger partial charge in [-0.15, -0.1) is 0 Å². The number of aliphatic hydroxyl groups is 3. The maximum atomic E-state index is 11.1. The van der Waals surface area contributed by atoms with E-state index in [9.17, 15) is 20.1 Å². The molecule has 5 heteroatoms. The SMILES string of the molecule is CCCCCC(O)(CC=C[C@@H]1[C@@H](CC=CCC(O)CC(=O)O)CC[C@H]1O)C1CC1. The van der Waals surface area contributed by atoms with Gasteiger partial charge in [0, 0.05) is 5.92 Å². The van der Waals surface area contributed by atoms with Crippen molar-refractivity contribution in [3.8, 4) is 0 Å². The van der Waals surface area contributed by atoms with Crippen LogP contribution in [-0.2, 0) is 4.79 Å². The van der Waals surface area contributed by atoms with Crippen molar-refractivity contribution in [2.75, 3.05) is 0 Å². The van der Waals surface area contributed by atoms with Crippen molar-refractivity contribution in [1.82, 2.24) is 0 Å². The van der Waals surface area contributed by atoms with Crippen LogP contribution in [-0.4, -0.2) is 44.2 Å². The minimum absolute atomic E-state index is 0.0997. The van der Waals surface area contributed by atoms with Crippen LogP contribution in [0.1, 0.15) is 84.0 Å². The summed E-state index contributed by atoms with van der Waals surface area (Å²) in [5, 5.41) is 39.8. The molecule has 0 spiro atoms. The third-order valence-corrected chi connectivity index (χ3v) is 6.63. The van der Waals surface area contributed by atoms with Crippen LogP contribution in [0.5, 0.6) is 0 Å². The fraction of sp³-hybridized carbons (Fsp3) is 0.792. The van der Waals surface area contributed by atoms with Crippen LogP contribution in [0.3, 0.4) is 0 Å². The van der Waals surface area contributed by atoms with Gasteiger partial charge in [0.2, 0.25) is 0 Å². The van der Waals surface area contributed by atoms with Gasteiger partial charge in [-0.05, 0) is 63.2 Å². The Bertz CT molecular complexity index is 553. The van der Waals surface area contributed by atoms with Gasteiger partial charge < -0.3 is 20.4 Å². The molecule has 0 amide bonds. The second-order valence-electron chi connectivity index (χ2n) is 9.14. The van der Waals surface area contributed by atoms with Gasteiger partial charge in [0.05, 0.1) is 24.2 Å². The summed E-state index contributed by atoms with van der Waals surface area (Å²) in [5.74, 6) is -0.102. The quantitative estimate of drug-likeness (QED) is 0.255. The summed E-state index contributed by atoms with van der Waals surface area (Å²) < 4.78 is 0. The van der Waals surface area contributed by atoms with Crippen molar-refractivity contribution < 1.29 is 25.2 Å². The Morgan fingerprint density at radius 3 is 2.55 bits per heavy atom. The standard InChI is InChI=1S/C24H40O5/c1-2-3-6-15-24(29,19-12-13-19)16-7-10-21-18(11-14-22(21)26)8-4-5-9-20(25)17-23(27)28/h4-5,7,10,18-22,25-26,29H,2-3,6,8-9,11-17H2,1H3,(H,27,28)/t18-,20?,21+,22+,24?/m0/s1. The Morgan fingerprint density at radius 1 is 1.14 bits per heavy atom. The smallest absolute Gasteiger partial charge is 0.305 e. The number of allylic oxidation sites excluding steroid dienone is 1. The molecule has 0 radical (unpaired) electrons. The van der Waals surface area contributed by atoms with E-state index in [-0.39, 0.29) is 18.4 Å². The fourth-order valence-corrected chi connectivity index (χ4v) is 4.66. The molecule has 5 atom stereocenters. The second kappa shape index (κ2) is 11.9. The largest absolute Gasteiger partial charge is 0.481 e. The van der Waals surface area contributed by atoms with Gasteiger partial charge in [0.25, 0.3) is 0 Å². The maximum absolute atomic E-state index is 11.1. The zero-order valence-electron chi connectivity index (χ0n) is 17.9. The molecule has 2 aliphatic rings. The predicted molar refractivity (Wildman–Crippen MR) is 114 cm³/mol. The summed E-state index contributed by atoms with van der Waals surface area (Å²) in [4.78, 5) is 10.6. The van der Waals surface area contributed by atoms with Gasteiger partial charge >= 0.3 is 5.97 Å². The lowest BCUT2D eigenvalue weighted by atomic mass is 9.86. The number of carbonyl (C=O) groups is 1. The van der Waals surface area contributed by atoms with Gasteiger partial charge in [0.1, 0.15) is 0 Å². The topological polar surface area (TPSA) is 98.0 Å². The van der Waals surface area contributed by atoms with Crippen LogP contribution in [0, 0.1) is 17.8 Å². The molecular formula is C24H40O5. The average Bonchev–Trinajstić information content (AvgIpc) is 3.45. The Kier molecular flexibility index (Phi) is 9.87. The molecule has 2 rings (SSSR count). The second-order valence-corrected chi connectivity index (χ2v) is 9.14. The number of hydrogen-bond donors (Lipinski definition) is 4. The highest BCUT2D eigenvalue weighted by Crippen LogP contribution is 2.45. The summed E-state index contributed by atoms with van der Waals surface area (Å²) in [6.45, 7) is 2.18. The predicted octanol–water partition coefficient (Wildman–Crippen LogP) is 4.21. The summed E-state index contributed by atoms with van der Waals surface area (Å²) in [5.41, 5.74) is -0.578. The maximum Gasteiger partial charge on any atom is 0.305 e. The number of unbranched alkanes of at least 4 members (excludes halogenated alkanes) is 2. The van der Waals surface area contributed by atoms with Crippen molar-refractivity contribution in [2.45, 2.75) is 102 Å². The van der Waals surface area contributed by atoms with Crippen LogP contribution < -0.4 is 0 Å². The first-order valence-electron chi connectivity index (χ1n) is 11.5. The third kappa shape index (κ3) is 8.23. The van der Waals surface area contributed by atoms with Crippen molar-refractivity contribution in [3.05, 3.63) is 24.3 Å². The summed E-state index contributed by atoms with van der Waals surface area (Å²) >= 11 is 0. The third-order valence-electron chi connectivity index (χ3n) is 6.63. The molecule has 166 valence electrons. The van der Waals surface area contributed by atoms with E-state index in [0.29, 0.717) is 24.7 Å². The van der Waals surface area contributed by atoms with E-state index in [1.807, 2.05) is 12.2 Å². The molecule has 0 aliphatic heterocycles. The minimum Gasteiger partial charge on any atom is -0.481 e. The van der Waals surface area contributed by atoms with Crippen LogP contribution in [0.2, 0.25) is 0 Å². The van der Waals surface area contributed by atoms with Crippen LogP contribution in [0.15, 0.2) is 24.3 Å². The first-order valence-corrected chi connectivity index (χ1v) is 11.5. The minimum atomic E-state index is -0.990. The highest BCUT2D eigenvalue weighted by Gasteiger charge is 2.42. The summed E-state index contributed by atoms with van der Waals surface area (Å²) in [6, 6.07) is 0. The zero-order valence-corrected chi connectivity index (χ0v) is 17.9. The van der Waals surface area contributed by atoms with Gasteiger partial charge in [-0.1, -0.05) is 50.5 Å². The molecule has 0 bridgehead atoms. The van der Waals surface area contributed by atoms with Gasteiger partial charge in [-0.2, -0.15) is 0 Å². The van der Waals surface area contributed by atoms with E-state index >= 15 is 0 Å². The monoisotopic (exact) mass is 408 g/mol. The highest BCUT2D eigenvalue weighted by atomic mass is 16.4. The van der Waals surface area contributed by atoms with Gasteiger partial charge in [0.15, 0.2) is 0 Å². The lowest BCUT2D eigenvalue weighted by Gasteiger charge is -2.27. The molecule has 2 unspecified atom stereocenters. The molecule has 2 aliphatic carbocycles. The molecule has 0 aromatic carbocycles. The van der Waals surface area contributed by atoms with Gasteiger partial charge in [-0.25, -0.2) is 0 Å². The lowest BCUT2D eigenvalue weighted by molar-refractivity contribution is -0.139. The van der Waals surface area contributed by atoms with Crippen molar-refractivity contribution in [2.24, 2.45) is 17.8 Å².